The Balaban J connectivity index is 2.48. The predicted molar refractivity (Wildman–Crippen MR) is 78.8 cm³/mol. The summed E-state index contributed by atoms with van der Waals surface area (Å²) in [5.74, 6) is 0.677. The van der Waals surface area contributed by atoms with Crippen LogP contribution in [-0.2, 0) is 14.6 Å². The van der Waals surface area contributed by atoms with Gasteiger partial charge in [0.15, 0.2) is 9.84 Å². The van der Waals surface area contributed by atoms with Gasteiger partial charge in [-0.05, 0) is 30.7 Å². The summed E-state index contributed by atoms with van der Waals surface area (Å²) < 4.78 is 28.9. The van der Waals surface area contributed by atoms with E-state index in [4.69, 9.17) is 16.3 Å². The molecule has 0 aliphatic heterocycles. The van der Waals surface area contributed by atoms with E-state index in [1.165, 1.54) is 0 Å². The smallest absolute Gasteiger partial charge is 0.178 e. The molecule has 4 nitrogen and oxygen atoms in total. The lowest BCUT2D eigenvalue weighted by Crippen LogP contribution is -2.11. The molecule has 0 aliphatic rings. The van der Waals surface area contributed by atoms with Crippen molar-refractivity contribution in [3.8, 4) is 0 Å². The highest BCUT2D eigenvalue weighted by molar-refractivity contribution is 7.91. The molecule has 19 heavy (non-hydrogen) atoms. The van der Waals surface area contributed by atoms with Gasteiger partial charge in [-0.1, -0.05) is 6.92 Å². The minimum Gasteiger partial charge on any atom is -0.383 e. The van der Waals surface area contributed by atoms with Crippen molar-refractivity contribution >= 4 is 27.1 Å². The molecule has 0 aliphatic carbocycles. The standard InChI is InChI=1S/C13H20ClNO3S/c1-2-11-19(16,17)13-5-3-12(4-6-13)15-8-10-18-9-7-14/h3-6,15H,2,7-11H2,1H3. The quantitative estimate of drug-likeness (QED) is 0.563. The Kier molecular flexibility index (Phi) is 7.20. The maximum absolute atomic E-state index is 11.8. The van der Waals surface area contributed by atoms with Crippen molar-refractivity contribution in [1.82, 2.24) is 0 Å². The summed E-state index contributed by atoms with van der Waals surface area (Å²) in [6, 6.07) is 6.80. The molecule has 0 unspecified atom stereocenters. The molecule has 0 amide bonds. The molecule has 0 bridgehead atoms. The molecule has 1 rings (SSSR count). The van der Waals surface area contributed by atoms with Crippen molar-refractivity contribution in [2.75, 3.05) is 36.7 Å². The minimum absolute atomic E-state index is 0.187. The van der Waals surface area contributed by atoms with Crippen LogP contribution in [0.3, 0.4) is 0 Å². The average Bonchev–Trinajstić information content (AvgIpc) is 2.39. The summed E-state index contributed by atoms with van der Waals surface area (Å²) in [5.41, 5.74) is 0.880. The molecule has 0 aromatic heterocycles. The lowest BCUT2D eigenvalue weighted by Gasteiger charge is -2.08. The van der Waals surface area contributed by atoms with Crippen LogP contribution in [0.15, 0.2) is 29.2 Å². The lowest BCUT2D eigenvalue weighted by molar-refractivity contribution is 0.160. The molecule has 6 heteroatoms. The van der Waals surface area contributed by atoms with E-state index in [1.807, 2.05) is 6.92 Å². The molecule has 0 saturated carbocycles. The highest BCUT2D eigenvalue weighted by Crippen LogP contribution is 2.15. The Hall–Kier alpha value is -0.780. The second kappa shape index (κ2) is 8.40. The number of anilines is 1. The van der Waals surface area contributed by atoms with Gasteiger partial charge in [-0.15, -0.1) is 11.6 Å². The van der Waals surface area contributed by atoms with E-state index in [9.17, 15) is 8.42 Å². The number of hydrogen-bond acceptors (Lipinski definition) is 4. The Bertz CT molecular complexity index is 459. The van der Waals surface area contributed by atoms with Crippen LogP contribution in [0.2, 0.25) is 0 Å². The molecule has 1 aromatic carbocycles. The van der Waals surface area contributed by atoms with Crippen LogP contribution >= 0.6 is 11.6 Å². The summed E-state index contributed by atoms with van der Waals surface area (Å²) in [7, 11) is -3.13. The van der Waals surface area contributed by atoms with Gasteiger partial charge in [-0.2, -0.15) is 0 Å². The maximum Gasteiger partial charge on any atom is 0.178 e. The van der Waals surface area contributed by atoms with Crippen LogP contribution in [0.1, 0.15) is 13.3 Å². The van der Waals surface area contributed by atoms with Gasteiger partial charge in [-0.25, -0.2) is 8.42 Å². The average molecular weight is 306 g/mol. The van der Waals surface area contributed by atoms with Crippen LogP contribution in [0.5, 0.6) is 0 Å². The van der Waals surface area contributed by atoms with Gasteiger partial charge in [0.2, 0.25) is 0 Å². The van der Waals surface area contributed by atoms with Gasteiger partial charge in [0, 0.05) is 18.1 Å². The molecule has 1 N–H and O–H groups in total. The zero-order chi connectivity index (χ0) is 14.1. The highest BCUT2D eigenvalue weighted by atomic mass is 35.5. The third-order valence-corrected chi connectivity index (χ3v) is 4.57. The topological polar surface area (TPSA) is 55.4 Å². The molecule has 0 radical (unpaired) electrons. The lowest BCUT2D eigenvalue weighted by atomic mass is 10.3. The first-order chi connectivity index (χ1) is 9.10. The third kappa shape index (κ3) is 5.80. The van der Waals surface area contributed by atoms with E-state index >= 15 is 0 Å². The van der Waals surface area contributed by atoms with Crippen molar-refractivity contribution in [2.45, 2.75) is 18.2 Å². The molecular formula is C13H20ClNO3S. The van der Waals surface area contributed by atoms with Crippen LogP contribution in [0.4, 0.5) is 5.69 Å². The van der Waals surface area contributed by atoms with Crippen molar-refractivity contribution in [1.29, 1.82) is 0 Å². The predicted octanol–water partition coefficient (Wildman–Crippen LogP) is 2.54. The fourth-order valence-corrected chi connectivity index (χ4v) is 3.02. The highest BCUT2D eigenvalue weighted by Gasteiger charge is 2.12. The largest absolute Gasteiger partial charge is 0.383 e. The Morgan fingerprint density at radius 3 is 2.47 bits per heavy atom. The fourth-order valence-electron chi connectivity index (χ4n) is 1.59. The first kappa shape index (κ1) is 16.3. The zero-order valence-corrected chi connectivity index (χ0v) is 12.6. The zero-order valence-electron chi connectivity index (χ0n) is 11.1. The molecule has 0 saturated heterocycles. The molecular weight excluding hydrogens is 286 g/mol. The second-order valence-corrected chi connectivity index (χ2v) is 6.56. The third-order valence-electron chi connectivity index (χ3n) is 2.48. The van der Waals surface area contributed by atoms with Gasteiger partial charge >= 0.3 is 0 Å². The van der Waals surface area contributed by atoms with Gasteiger partial charge in [0.1, 0.15) is 0 Å². The number of ether oxygens (including phenoxy) is 1. The molecule has 1 aromatic rings. The Morgan fingerprint density at radius 1 is 1.21 bits per heavy atom. The van der Waals surface area contributed by atoms with Crippen molar-refractivity contribution < 1.29 is 13.2 Å². The minimum atomic E-state index is -3.13. The molecule has 108 valence electrons. The van der Waals surface area contributed by atoms with Crippen LogP contribution in [0.25, 0.3) is 0 Å². The van der Waals surface area contributed by atoms with E-state index < -0.39 is 9.84 Å². The van der Waals surface area contributed by atoms with E-state index in [0.717, 1.165) is 5.69 Å². The van der Waals surface area contributed by atoms with Crippen LogP contribution in [0, 0.1) is 0 Å². The second-order valence-electron chi connectivity index (χ2n) is 4.07. The van der Waals surface area contributed by atoms with Crippen molar-refractivity contribution in [2.24, 2.45) is 0 Å². The number of benzene rings is 1. The van der Waals surface area contributed by atoms with Crippen molar-refractivity contribution in [3.63, 3.8) is 0 Å². The number of sulfone groups is 1. The van der Waals surface area contributed by atoms with Gasteiger partial charge in [-0.3, -0.25) is 0 Å². The summed E-state index contributed by atoms with van der Waals surface area (Å²) in [6.07, 6.45) is 0.625. The van der Waals surface area contributed by atoms with Gasteiger partial charge < -0.3 is 10.1 Å². The number of halogens is 1. The van der Waals surface area contributed by atoms with E-state index in [2.05, 4.69) is 5.32 Å². The summed E-state index contributed by atoms with van der Waals surface area (Å²) >= 11 is 5.48. The monoisotopic (exact) mass is 305 g/mol. The van der Waals surface area contributed by atoms with E-state index in [-0.39, 0.29) is 5.75 Å². The van der Waals surface area contributed by atoms with E-state index in [1.54, 1.807) is 24.3 Å². The molecule has 0 spiro atoms. The number of hydrogen-bond donors (Lipinski definition) is 1. The molecule has 0 atom stereocenters. The SMILES string of the molecule is CCCS(=O)(=O)c1ccc(NCCOCCCl)cc1. The summed E-state index contributed by atoms with van der Waals surface area (Å²) in [6.45, 7) is 3.63. The number of nitrogens with one attached hydrogen (secondary N) is 1. The number of alkyl halides is 1. The Labute approximate surface area is 120 Å². The fraction of sp³-hybridized carbons (Fsp3) is 0.538. The van der Waals surface area contributed by atoms with Gasteiger partial charge in [0.25, 0.3) is 0 Å². The van der Waals surface area contributed by atoms with Crippen LogP contribution < -0.4 is 5.32 Å². The summed E-state index contributed by atoms with van der Waals surface area (Å²) in [4.78, 5) is 0.373. The first-order valence-corrected chi connectivity index (χ1v) is 8.49. The molecule has 0 heterocycles. The number of rotatable bonds is 9. The Morgan fingerprint density at radius 2 is 1.89 bits per heavy atom. The van der Waals surface area contributed by atoms with Crippen LogP contribution in [-0.4, -0.2) is 39.8 Å². The first-order valence-electron chi connectivity index (χ1n) is 6.30. The maximum atomic E-state index is 11.8. The van der Waals surface area contributed by atoms with Gasteiger partial charge in [0.05, 0.1) is 23.9 Å². The summed E-state index contributed by atoms with van der Waals surface area (Å²) in [5, 5.41) is 3.15. The molecule has 0 fully saturated rings. The van der Waals surface area contributed by atoms with Crippen molar-refractivity contribution in [3.05, 3.63) is 24.3 Å². The normalized spacial score (nSPS) is 11.5. The van der Waals surface area contributed by atoms with E-state index in [0.29, 0.717) is 37.0 Å².